The first-order chi connectivity index (χ1) is 7.00. The van der Waals surface area contributed by atoms with E-state index in [9.17, 15) is 9.18 Å². The van der Waals surface area contributed by atoms with Crippen LogP contribution in [0.1, 0.15) is 25.5 Å². The summed E-state index contributed by atoms with van der Waals surface area (Å²) in [4.78, 5) is 11.3. The molecule has 0 saturated heterocycles. The molecule has 0 aromatic heterocycles. The van der Waals surface area contributed by atoms with Gasteiger partial charge in [-0.05, 0) is 31.5 Å². The maximum atomic E-state index is 12.9. The van der Waals surface area contributed by atoms with Gasteiger partial charge in [0.15, 0.2) is 0 Å². The van der Waals surface area contributed by atoms with Crippen molar-refractivity contribution in [3.05, 3.63) is 35.6 Å². The van der Waals surface area contributed by atoms with Gasteiger partial charge < -0.3 is 5.32 Å². The summed E-state index contributed by atoms with van der Waals surface area (Å²) in [6.45, 7) is 3.50. The number of carbonyl (C=O) groups is 1. The molecule has 2 nitrogen and oxygen atoms in total. The van der Waals surface area contributed by atoms with Gasteiger partial charge in [0.25, 0.3) is 0 Å². The minimum atomic E-state index is -0.360. The van der Waals surface area contributed by atoms with Crippen LogP contribution in [0.5, 0.6) is 0 Å². The van der Waals surface area contributed by atoms with Gasteiger partial charge in [-0.25, -0.2) is 4.39 Å². The SMILES string of the molecule is CC(S)C(=O)NC(C)c1cccc(F)c1. The normalized spacial score (nSPS) is 14.4. The standard InChI is InChI=1S/C11H14FNOS/c1-7(13-11(14)8(2)15)9-4-3-5-10(12)6-9/h3-8,15H,1-2H3,(H,13,14). The number of hydrogen-bond donors (Lipinski definition) is 2. The van der Waals surface area contributed by atoms with Gasteiger partial charge in [-0.3, -0.25) is 4.79 Å². The predicted octanol–water partition coefficient (Wildman–Crippen LogP) is 2.32. The molecule has 1 rings (SSSR count). The number of benzene rings is 1. The highest BCUT2D eigenvalue weighted by Crippen LogP contribution is 2.13. The summed E-state index contributed by atoms with van der Waals surface area (Å²) in [6, 6.07) is 5.98. The number of halogens is 1. The van der Waals surface area contributed by atoms with Crippen molar-refractivity contribution in [2.75, 3.05) is 0 Å². The van der Waals surface area contributed by atoms with E-state index in [0.29, 0.717) is 0 Å². The molecule has 1 aromatic rings. The third-order valence-corrected chi connectivity index (χ3v) is 2.32. The van der Waals surface area contributed by atoms with E-state index in [2.05, 4.69) is 17.9 Å². The summed E-state index contributed by atoms with van der Waals surface area (Å²) >= 11 is 4.01. The second-order valence-corrected chi connectivity index (χ2v) is 4.24. The Hall–Kier alpha value is -1.03. The average molecular weight is 227 g/mol. The van der Waals surface area contributed by atoms with E-state index in [1.165, 1.54) is 12.1 Å². The number of thiol groups is 1. The van der Waals surface area contributed by atoms with Crippen molar-refractivity contribution in [1.82, 2.24) is 5.32 Å². The Balaban J connectivity index is 2.69. The molecule has 15 heavy (non-hydrogen) atoms. The van der Waals surface area contributed by atoms with E-state index in [-0.39, 0.29) is 23.0 Å². The monoisotopic (exact) mass is 227 g/mol. The lowest BCUT2D eigenvalue weighted by Gasteiger charge is -2.15. The molecule has 1 amide bonds. The molecular weight excluding hydrogens is 213 g/mol. The smallest absolute Gasteiger partial charge is 0.233 e. The Morgan fingerprint density at radius 2 is 2.13 bits per heavy atom. The molecule has 4 heteroatoms. The Morgan fingerprint density at radius 1 is 1.47 bits per heavy atom. The van der Waals surface area contributed by atoms with Gasteiger partial charge in [-0.15, -0.1) is 0 Å². The highest BCUT2D eigenvalue weighted by atomic mass is 32.1. The molecule has 1 N–H and O–H groups in total. The van der Waals surface area contributed by atoms with Crippen molar-refractivity contribution < 1.29 is 9.18 Å². The van der Waals surface area contributed by atoms with Gasteiger partial charge in [0.2, 0.25) is 5.91 Å². The summed E-state index contributed by atoms with van der Waals surface area (Å²) < 4.78 is 12.9. The molecule has 0 aliphatic carbocycles. The third kappa shape index (κ3) is 3.55. The second kappa shape index (κ2) is 5.16. The first-order valence-corrected chi connectivity index (χ1v) is 5.26. The number of carbonyl (C=O) groups excluding carboxylic acids is 1. The van der Waals surface area contributed by atoms with Crippen LogP contribution in [0.2, 0.25) is 0 Å². The maximum absolute atomic E-state index is 12.9. The van der Waals surface area contributed by atoms with Crippen LogP contribution in [0.4, 0.5) is 4.39 Å². The first kappa shape index (κ1) is 12.0. The molecule has 0 bridgehead atoms. The quantitative estimate of drug-likeness (QED) is 0.762. The van der Waals surface area contributed by atoms with Crippen molar-refractivity contribution in [3.63, 3.8) is 0 Å². The number of rotatable bonds is 3. The molecule has 82 valence electrons. The van der Waals surface area contributed by atoms with Gasteiger partial charge in [0, 0.05) is 0 Å². The maximum Gasteiger partial charge on any atom is 0.233 e. The molecule has 0 saturated carbocycles. The van der Waals surface area contributed by atoms with Gasteiger partial charge in [0.1, 0.15) is 5.82 Å². The third-order valence-electron chi connectivity index (χ3n) is 2.09. The van der Waals surface area contributed by atoms with Gasteiger partial charge in [-0.2, -0.15) is 12.6 Å². The van der Waals surface area contributed by atoms with Crippen LogP contribution in [-0.4, -0.2) is 11.2 Å². The molecule has 1 aromatic carbocycles. The molecule has 2 atom stereocenters. The van der Waals surface area contributed by atoms with E-state index in [4.69, 9.17) is 0 Å². The van der Waals surface area contributed by atoms with E-state index in [1.54, 1.807) is 19.1 Å². The van der Waals surface area contributed by atoms with Crippen LogP contribution in [0.15, 0.2) is 24.3 Å². The minimum absolute atomic E-state index is 0.157. The van der Waals surface area contributed by atoms with Crippen LogP contribution >= 0.6 is 12.6 Å². The Labute approximate surface area is 94.3 Å². The van der Waals surface area contributed by atoms with Gasteiger partial charge in [-0.1, -0.05) is 12.1 Å². The van der Waals surface area contributed by atoms with E-state index >= 15 is 0 Å². The van der Waals surface area contributed by atoms with Gasteiger partial charge in [0.05, 0.1) is 11.3 Å². The van der Waals surface area contributed by atoms with Crippen molar-refractivity contribution in [2.24, 2.45) is 0 Å². The van der Waals surface area contributed by atoms with Crippen LogP contribution in [0.25, 0.3) is 0 Å². The lowest BCUT2D eigenvalue weighted by Crippen LogP contribution is -2.32. The van der Waals surface area contributed by atoms with Crippen molar-refractivity contribution in [3.8, 4) is 0 Å². The largest absolute Gasteiger partial charge is 0.349 e. The van der Waals surface area contributed by atoms with Gasteiger partial charge >= 0.3 is 0 Å². The molecule has 0 heterocycles. The zero-order valence-corrected chi connectivity index (χ0v) is 9.59. The average Bonchev–Trinajstić information content (AvgIpc) is 2.17. The molecule has 2 unspecified atom stereocenters. The molecular formula is C11H14FNOS. The Morgan fingerprint density at radius 3 is 2.67 bits per heavy atom. The fourth-order valence-corrected chi connectivity index (χ4v) is 1.27. The molecule has 0 radical (unpaired) electrons. The van der Waals surface area contributed by atoms with Crippen LogP contribution in [0, 0.1) is 5.82 Å². The predicted molar refractivity (Wildman–Crippen MR) is 61.4 cm³/mol. The first-order valence-electron chi connectivity index (χ1n) is 4.74. The second-order valence-electron chi connectivity index (χ2n) is 3.46. The Kier molecular flexibility index (Phi) is 4.15. The highest BCUT2D eigenvalue weighted by Gasteiger charge is 2.12. The molecule has 0 aliphatic heterocycles. The van der Waals surface area contributed by atoms with Crippen LogP contribution < -0.4 is 5.32 Å². The zero-order chi connectivity index (χ0) is 11.4. The van der Waals surface area contributed by atoms with Crippen LogP contribution in [0.3, 0.4) is 0 Å². The Bertz CT molecular complexity index is 354. The highest BCUT2D eigenvalue weighted by molar-refractivity contribution is 7.81. The van der Waals surface area contributed by atoms with E-state index in [1.807, 2.05) is 6.92 Å². The van der Waals surface area contributed by atoms with E-state index in [0.717, 1.165) is 5.56 Å². The molecule has 0 spiro atoms. The lowest BCUT2D eigenvalue weighted by atomic mass is 10.1. The van der Waals surface area contributed by atoms with Crippen molar-refractivity contribution in [2.45, 2.75) is 25.1 Å². The fraction of sp³-hybridized carbons (Fsp3) is 0.364. The topological polar surface area (TPSA) is 29.1 Å². The van der Waals surface area contributed by atoms with Crippen molar-refractivity contribution in [1.29, 1.82) is 0 Å². The van der Waals surface area contributed by atoms with E-state index < -0.39 is 0 Å². The molecule has 0 aliphatic rings. The summed E-state index contributed by atoms with van der Waals surface area (Å²) in [7, 11) is 0. The zero-order valence-electron chi connectivity index (χ0n) is 8.70. The van der Waals surface area contributed by atoms with Crippen LogP contribution in [-0.2, 0) is 4.79 Å². The summed E-state index contributed by atoms with van der Waals surface area (Å²) in [5.41, 5.74) is 0.748. The van der Waals surface area contributed by atoms with Crippen molar-refractivity contribution >= 4 is 18.5 Å². The minimum Gasteiger partial charge on any atom is -0.349 e. The molecule has 0 fully saturated rings. The summed E-state index contributed by atoms with van der Waals surface area (Å²) in [5, 5.41) is 2.38. The number of hydrogen-bond acceptors (Lipinski definition) is 2. The number of nitrogens with one attached hydrogen (secondary N) is 1. The fourth-order valence-electron chi connectivity index (χ4n) is 1.19. The lowest BCUT2D eigenvalue weighted by molar-refractivity contribution is -0.120. The summed E-state index contributed by atoms with van der Waals surface area (Å²) in [6.07, 6.45) is 0. The number of amides is 1. The summed E-state index contributed by atoms with van der Waals surface area (Å²) in [5.74, 6) is -0.456.